The quantitative estimate of drug-likeness (QED) is 0.496. The highest BCUT2D eigenvalue weighted by Gasteiger charge is 2.36. The highest BCUT2D eigenvalue weighted by Crippen LogP contribution is 2.30. The minimum atomic E-state index is -4.61. The molecule has 0 heterocycles. The molecule has 1 aromatic carbocycles. The summed E-state index contributed by atoms with van der Waals surface area (Å²) < 4.78 is 52.2. The zero-order valence-electron chi connectivity index (χ0n) is 12.0. The second-order valence-corrected chi connectivity index (χ2v) is 5.13. The summed E-state index contributed by atoms with van der Waals surface area (Å²) in [6.45, 7) is 1.11. The molecule has 0 radical (unpaired) electrons. The lowest BCUT2D eigenvalue weighted by Gasteiger charge is -2.35. The molecule has 1 rings (SSSR count). The van der Waals surface area contributed by atoms with Gasteiger partial charge in [-0.3, -0.25) is 10.1 Å². The molecule has 0 aliphatic carbocycles. The van der Waals surface area contributed by atoms with Crippen LogP contribution in [-0.4, -0.2) is 35.4 Å². The molecule has 1 unspecified atom stereocenters. The molecule has 0 amide bonds. The normalized spacial score (nSPS) is 13.3. The number of nitrogens with zero attached hydrogens (tertiary/aromatic N) is 2. The monoisotopic (exact) mass is 324 g/mol. The fourth-order valence-corrected chi connectivity index (χ4v) is 2.09. The van der Waals surface area contributed by atoms with E-state index in [0.29, 0.717) is 11.0 Å². The Morgan fingerprint density at radius 2 is 1.95 bits per heavy atom. The van der Waals surface area contributed by atoms with Gasteiger partial charge < -0.3 is 10.0 Å². The van der Waals surface area contributed by atoms with Gasteiger partial charge in [0, 0.05) is 6.07 Å². The van der Waals surface area contributed by atoms with Crippen LogP contribution in [0.25, 0.3) is 0 Å². The number of hydrogen-bond donors (Lipinski definition) is 1. The van der Waals surface area contributed by atoms with E-state index < -0.39 is 47.5 Å². The van der Waals surface area contributed by atoms with Crippen LogP contribution in [-0.2, 0) is 0 Å². The molecule has 1 aromatic rings. The largest absolute Gasteiger partial charge is 0.405 e. The molecule has 5 nitrogen and oxygen atoms in total. The molecule has 22 heavy (non-hydrogen) atoms. The van der Waals surface area contributed by atoms with Crippen LogP contribution in [0.2, 0.25) is 0 Å². The Bertz CT molecular complexity index is 535. The molecule has 0 aliphatic rings. The molecule has 1 atom stereocenters. The lowest BCUT2D eigenvalue weighted by Crippen LogP contribution is -2.47. The Balaban J connectivity index is 3.29. The smallest absolute Gasteiger partial charge is 0.394 e. The minimum Gasteiger partial charge on any atom is -0.394 e. The van der Waals surface area contributed by atoms with Gasteiger partial charge in [-0.25, -0.2) is 4.39 Å². The summed E-state index contributed by atoms with van der Waals surface area (Å²) >= 11 is 0. The molecule has 124 valence electrons. The first-order valence-corrected chi connectivity index (χ1v) is 6.45. The SMILES string of the molecule is CC(C)C(CO)N(CC(F)(F)F)c1ccc([N+](=O)[O-])cc1F. The van der Waals surface area contributed by atoms with Crippen LogP contribution in [0.15, 0.2) is 18.2 Å². The van der Waals surface area contributed by atoms with Crippen LogP contribution >= 0.6 is 0 Å². The van der Waals surface area contributed by atoms with Gasteiger partial charge in [-0.05, 0) is 12.0 Å². The van der Waals surface area contributed by atoms with E-state index in [2.05, 4.69) is 0 Å². The van der Waals surface area contributed by atoms with E-state index in [9.17, 15) is 32.8 Å². The van der Waals surface area contributed by atoms with E-state index in [0.717, 1.165) is 12.1 Å². The maximum absolute atomic E-state index is 14.0. The van der Waals surface area contributed by atoms with Crippen LogP contribution in [0.3, 0.4) is 0 Å². The number of nitro benzene ring substituents is 1. The van der Waals surface area contributed by atoms with Crippen molar-refractivity contribution in [2.45, 2.75) is 26.1 Å². The fourth-order valence-electron chi connectivity index (χ4n) is 2.09. The summed E-state index contributed by atoms with van der Waals surface area (Å²) in [7, 11) is 0. The van der Waals surface area contributed by atoms with Crippen LogP contribution in [0.1, 0.15) is 13.8 Å². The zero-order chi connectivity index (χ0) is 17.1. The van der Waals surface area contributed by atoms with E-state index in [1.807, 2.05) is 0 Å². The van der Waals surface area contributed by atoms with Gasteiger partial charge in [0.25, 0.3) is 5.69 Å². The Labute approximate surface area is 124 Å². The highest BCUT2D eigenvalue weighted by molar-refractivity contribution is 5.53. The first-order chi connectivity index (χ1) is 10.1. The highest BCUT2D eigenvalue weighted by atomic mass is 19.4. The molecule has 9 heteroatoms. The van der Waals surface area contributed by atoms with Gasteiger partial charge in [0.2, 0.25) is 0 Å². The van der Waals surface area contributed by atoms with Gasteiger partial charge in [-0.15, -0.1) is 0 Å². The Morgan fingerprint density at radius 3 is 2.32 bits per heavy atom. The van der Waals surface area contributed by atoms with Gasteiger partial charge in [0.05, 0.1) is 29.3 Å². The average molecular weight is 324 g/mol. The van der Waals surface area contributed by atoms with Crippen molar-refractivity contribution < 1.29 is 27.6 Å². The number of nitro groups is 1. The number of aliphatic hydroxyl groups excluding tert-OH is 1. The molecule has 0 aromatic heterocycles. The van der Waals surface area contributed by atoms with Crippen LogP contribution in [0, 0.1) is 21.8 Å². The zero-order valence-corrected chi connectivity index (χ0v) is 12.0. The van der Waals surface area contributed by atoms with Crippen molar-refractivity contribution in [2.24, 2.45) is 5.92 Å². The van der Waals surface area contributed by atoms with Crippen molar-refractivity contribution >= 4 is 11.4 Å². The molecular formula is C13H16F4N2O3. The summed E-state index contributed by atoms with van der Waals surface area (Å²) in [6.07, 6.45) is -4.61. The first kappa shape index (κ1) is 18.1. The van der Waals surface area contributed by atoms with Crippen molar-refractivity contribution in [2.75, 3.05) is 18.1 Å². The van der Waals surface area contributed by atoms with E-state index in [1.165, 1.54) is 0 Å². The van der Waals surface area contributed by atoms with Gasteiger partial charge in [0.15, 0.2) is 5.82 Å². The third kappa shape index (κ3) is 4.55. The maximum Gasteiger partial charge on any atom is 0.405 e. The summed E-state index contributed by atoms with van der Waals surface area (Å²) in [5, 5.41) is 19.9. The van der Waals surface area contributed by atoms with Crippen molar-refractivity contribution in [1.29, 1.82) is 0 Å². The van der Waals surface area contributed by atoms with Gasteiger partial charge >= 0.3 is 6.18 Å². The number of alkyl halides is 3. The molecule has 0 bridgehead atoms. The maximum atomic E-state index is 14.0. The lowest BCUT2D eigenvalue weighted by molar-refractivity contribution is -0.385. The first-order valence-electron chi connectivity index (χ1n) is 6.45. The third-order valence-electron chi connectivity index (χ3n) is 3.16. The average Bonchev–Trinajstić information content (AvgIpc) is 2.36. The molecule has 0 spiro atoms. The number of anilines is 1. The molecule has 0 saturated carbocycles. The second kappa shape index (κ2) is 6.91. The summed E-state index contributed by atoms with van der Waals surface area (Å²) in [6, 6.07) is 1.44. The number of rotatable bonds is 6. The summed E-state index contributed by atoms with van der Waals surface area (Å²) in [5.74, 6) is -1.53. The topological polar surface area (TPSA) is 66.6 Å². The predicted molar refractivity (Wildman–Crippen MR) is 72.2 cm³/mol. The van der Waals surface area contributed by atoms with Gasteiger partial charge in [-0.2, -0.15) is 13.2 Å². The summed E-state index contributed by atoms with van der Waals surface area (Å²) in [4.78, 5) is 10.4. The van der Waals surface area contributed by atoms with E-state index in [1.54, 1.807) is 13.8 Å². The number of aliphatic hydroxyl groups is 1. The Morgan fingerprint density at radius 1 is 1.36 bits per heavy atom. The minimum absolute atomic E-state index is 0.387. The van der Waals surface area contributed by atoms with Gasteiger partial charge in [0.1, 0.15) is 6.54 Å². The summed E-state index contributed by atoms with van der Waals surface area (Å²) in [5.41, 5.74) is -0.992. The van der Waals surface area contributed by atoms with Crippen molar-refractivity contribution in [3.05, 3.63) is 34.1 Å². The van der Waals surface area contributed by atoms with Gasteiger partial charge in [-0.1, -0.05) is 13.8 Å². The van der Waals surface area contributed by atoms with Crippen LogP contribution in [0.5, 0.6) is 0 Å². The fraction of sp³-hybridized carbons (Fsp3) is 0.538. The Kier molecular flexibility index (Phi) is 5.70. The van der Waals surface area contributed by atoms with Crippen molar-refractivity contribution in [3.63, 3.8) is 0 Å². The lowest BCUT2D eigenvalue weighted by atomic mass is 10.0. The molecule has 0 saturated heterocycles. The number of benzene rings is 1. The third-order valence-corrected chi connectivity index (χ3v) is 3.16. The predicted octanol–water partition coefficient (Wildman–Crippen LogP) is 3.12. The molecular weight excluding hydrogens is 308 g/mol. The molecule has 0 aliphatic heterocycles. The molecule has 1 N–H and O–H groups in total. The standard InChI is InChI=1S/C13H16F4N2O3/c1-8(2)12(6-20)18(7-13(15,16)17)11-4-3-9(19(21)22)5-10(11)14/h3-5,8,12,20H,6-7H2,1-2H3. The molecule has 0 fully saturated rings. The number of hydrogen-bond acceptors (Lipinski definition) is 4. The van der Waals surface area contributed by atoms with E-state index >= 15 is 0 Å². The second-order valence-electron chi connectivity index (χ2n) is 5.13. The number of halogens is 4. The van der Waals surface area contributed by atoms with E-state index in [4.69, 9.17) is 0 Å². The van der Waals surface area contributed by atoms with Crippen LogP contribution < -0.4 is 4.90 Å². The van der Waals surface area contributed by atoms with E-state index in [-0.39, 0.29) is 5.92 Å². The van der Waals surface area contributed by atoms with Crippen molar-refractivity contribution in [1.82, 2.24) is 0 Å². The number of non-ortho nitro benzene ring substituents is 1. The van der Waals surface area contributed by atoms with Crippen molar-refractivity contribution in [3.8, 4) is 0 Å². The van der Waals surface area contributed by atoms with Crippen LogP contribution in [0.4, 0.5) is 28.9 Å². The Hall–Kier alpha value is -1.90.